The van der Waals surface area contributed by atoms with Crippen LogP contribution in [0.1, 0.15) is 101 Å². The molecule has 0 aliphatic carbocycles. The van der Waals surface area contributed by atoms with Crippen LogP contribution < -0.4 is 37.7 Å². The largest absolute Gasteiger partial charge is 1.00 e. The summed E-state index contributed by atoms with van der Waals surface area (Å²) in [5.74, 6) is 1.86. The fourth-order valence-corrected chi connectivity index (χ4v) is 3.93. The van der Waals surface area contributed by atoms with E-state index in [1.54, 1.807) is 0 Å². The van der Waals surface area contributed by atoms with Gasteiger partial charge in [-0.15, -0.1) is 24.5 Å². The van der Waals surface area contributed by atoms with Crippen molar-refractivity contribution in [3.05, 3.63) is 69.3 Å². The smallest absolute Gasteiger partial charge is 0.682 e. The van der Waals surface area contributed by atoms with Gasteiger partial charge < -0.3 is 15.4 Å². The number of para-hydroxylation sites is 2. The van der Waals surface area contributed by atoms with Gasteiger partial charge in [0.05, 0.1) is 0 Å². The topological polar surface area (TPSA) is 37.4 Å². The second-order valence-electron chi connectivity index (χ2n) is 9.56. The minimum Gasteiger partial charge on any atom is -0.682 e. The Balaban J connectivity index is 0.00000512. The molecule has 0 saturated heterocycles. The molecule has 0 heterocycles. The van der Waals surface area contributed by atoms with E-state index < -0.39 is 0 Å². The molecule has 0 atom stereocenters. The Labute approximate surface area is 227 Å². The Hall–Kier alpha value is -0.805. The van der Waals surface area contributed by atoms with Gasteiger partial charge in [-0.2, -0.15) is 0 Å². The molecule has 0 fully saturated rings. The van der Waals surface area contributed by atoms with Gasteiger partial charge in [0.15, 0.2) is 0 Å². The molecule has 2 rings (SSSR count). The zero-order chi connectivity index (χ0) is 23.0. The second kappa shape index (κ2) is 16.0. The van der Waals surface area contributed by atoms with E-state index in [1.165, 1.54) is 22.3 Å². The molecule has 33 heavy (non-hydrogen) atoms. The van der Waals surface area contributed by atoms with Gasteiger partial charge in [-0.25, -0.2) is 0 Å². The zero-order valence-corrected chi connectivity index (χ0v) is 22.9. The summed E-state index contributed by atoms with van der Waals surface area (Å²) in [6.45, 7) is 20.5. The molecular weight excluding hydrogens is 394 g/mol. The Bertz CT molecular complexity index is 700. The van der Waals surface area contributed by atoms with Gasteiger partial charge in [-0.05, 0) is 23.7 Å². The number of ether oxygens (including phenoxy) is 1. The van der Waals surface area contributed by atoms with Crippen LogP contribution in [0.2, 0.25) is 0 Å². The number of hydrogen-bond donors (Lipinski definition) is 0. The van der Waals surface area contributed by atoms with E-state index in [1.807, 2.05) is 0 Å². The van der Waals surface area contributed by atoms with Crippen LogP contribution in [0.15, 0.2) is 36.4 Å². The van der Waals surface area contributed by atoms with Crippen LogP contribution in [0.5, 0.6) is 0 Å². The summed E-state index contributed by atoms with van der Waals surface area (Å²) in [4.78, 5) is 0. The van der Waals surface area contributed by atoms with Crippen LogP contribution in [0.4, 0.5) is 11.4 Å². The zero-order valence-electron chi connectivity index (χ0n) is 22.9. The first kappa shape index (κ1) is 32.2. The van der Waals surface area contributed by atoms with Crippen LogP contribution in [0, 0.1) is 0 Å². The average Bonchev–Trinajstić information content (AvgIpc) is 2.72. The molecule has 0 bridgehead atoms. The Morgan fingerprint density at radius 1 is 0.545 bits per heavy atom. The van der Waals surface area contributed by atoms with Gasteiger partial charge in [0.1, 0.15) is 0 Å². The molecule has 0 aliphatic rings. The first-order chi connectivity index (χ1) is 14.7. The molecule has 2 aromatic rings. The molecule has 0 aromatic heterocycles. The van der Waals surface area contributed by atoms with Crippen molar-refractivity contribution >= 4 is 11.4 Å². The summed E-state index contributed by atoms with van der Waals surface area (Å²) in [5.41, 5.74) is 7.63. The maximum atomic E-state index is 5.89. The van der Waals surface area contributed by atoms with Crippen molar-refractivity contribution < 1.29 is 42.5 Å². The predicted molar refractivity (Wildman–Crippen MR) is 136 cm³/mol. The standard InChI is InChI=1S/C28H42N2O.2Li/c1-19(2)23-11-9-12-24(20(3)4)27(23)29-15-17-31-18-16-30-28-25(21(5)6)13-10-14-26(28)22(7)8;;/h9-14,19-22H,15-18H2,1-8H3;;/q-2;2*+1. The number of rotatable bonds is 12. The van der Waals surface area contributed by atoms with E-state index in [0.717, 1.165) is 11.4 Å². The van der Waals surface area contributed by atoms with Crippen molar-refractivity contribution in [1.29, 1.82) is 0 Å². The van der Waals surface area contributed by atoms with Crippen LogP contribution in [0.3, 0.4) is 0 Å². The molecular formula is C28H42Li2N2O. The van der Waals surface area contributed by atoms with Crippen molar-refractivity contribution in [3.63, 3.8) is 0 Å². The molecule has 0 radical (unpaired) electrons. The van der Waals surface area contributed by atoms with Crippen LogP contribution in [-0.2, 0) is 4.74 Å². The quantitative estimate of drug-likeness (QED) is 0.372. The fourth-order valence-electron chi connectivity index (χ4n) is 3.93. The van der Waals surface area contributed by atoms with Crippen LogP contribution >= 0.6 is 0 Å². The third-order valence-corrected chi connectivity index (χ3v) is 5.70. The molecule has 0 N–H and O–H groups in total. The van der Waals surface area contributed by atoms with Gasteiger partial charge in [-0.1, -0.05) is 114 Å². The molecule has 0 saturated carbocycles. The molecule has 3 nitrogen and oxygen atoms in total. The molecule has 0 spiro atoms. The first-order valence-corrected chi connectivity index (χ1v) is 11.9. The van der Waals surface area contributed by atoms with E-state index in [-0.39, 0.29) is 37.7 Å². The predicted octanol–water partition coefficient (Wildman–Crippen LogP) is 2.92. The van der Waals surface area contributed by atoms with Gasteiger partial charge in [0.2, 0.25) is 0 Å². The first-order valence-electron chi connectivity index (χ1n) is 11.9. The van der Waals surface area contributed by atoms with E-state index in [0.29, 0.717) is 50.0 Å². The van der Waals surface area contributed by atoms with E-state index in [2.05, 4.69) is 91.8 Å². The van der Waals surface area contributed by atoms with Gasteiger partial charge >= 0.3 is 37.7 Å². The fraction of sp³-hybridized carbons (Fsp3) is 0.571. The third-order valence-electron chi connectivity index (χ3n) is 5.70. The third kappa shape index (κ3) is 9.40. The van der Waals surface area contributed by atoms with Crippen molar-refractivity contribution in [1.82, 2.24) is 0 Å². The van der Waals surface area contributed by atoms with Crippen molar-refractivity contribution in [2.75, 3.05) is 26.3 Å². The summed E-state index contributed by atoms with van der Waals surface area (Å²) >= 11 is 0. The normalized spacial score (nSPS) is 11.0. The summed E-state index contributed by atoms with van der Waals surface area (Å²) < 4.78 is 5.89. The van der Waals surface area contributed by atoms with Crippen molar-refractivity contribution in [2.45, 2.75) is 79.1 Å². The van der Waals surface area contributed by atoms with Gasteiger partial charge in [-0.3, -0.25) is 0 Å². The molecule has 0 amide bonds. The second-order valence-corrected chi connectivity index (χ2v) is 9.56. The Morgan fingerprint density at radius 2 is 0.818 bits per heavy atom. The van der Waals surface area contributed by atoms with Gasteiger partial charge in [0, 0.05) is 13.2 Å². The van der Waals surface area contributed by atoms with E-state index in [9.17, 15) is 0 Å². The monoisotopic (exact) mass is 436 g/mol. The summed E-state index contributed by atoms with van der Waals surface area (Å²) in [6.07, 6.45) is 0. The van der Waals surface area contributed by atoms with Crippen LogP contribution in [-0.4, -0.2) is 26.3 Å². The molecule has 0 unspecified atom stereocenters. The summed E-state index contributed by atoms with van der Waals surface area (Å²) in [6, 6.07) is 13.1. The van der Waals surface area contributed by atoms with Gasteiger partial charge in [0.25, 0.3) is 0 Å². The minimum absolute atomic E-state index is 0. The average molecular weight is 437 g/mol. The Kier molecular flexibility index (Phi) is 15.6. The number of hydrogen-bond acceptors (Lipinski definition) is 1. The SMILES string of the molecule is CC(C)c1cccc(C(C)C)c1[N-]CCOCC[N-]c1c(C(C)C)cccc1C(C)C.[Li+].[Li+]. The number of benzene rings is 2. The molecule has 2 aromatic carbocycles. The number of nitrogens with zero attached hydrogens (tertiary/aromatic N) is 2. The summed E-state index contributed by atoms with van der Waals surface area (Å²) in [7, 11) is 0. The molecule has 0 aliphatic heterocycles. The van der Waals surface area contributed by atoms with Crippen molar-refractivity contribution in [2.24, 2.45) is 0 Å². The van der Waals surface area contributed by atoms with Crippen molar-refractivity contribution in [3.8, 4) is 0 Å². The maximum Gasteiger partial charge on any atom is 1.00 e. The summed E-state index contributed by atoms with van der Waals surface area (Å²) in [5, 5.41) is 9.85. The van der Waals surface area contributed by atoms with E-state index >= 15 is 0 Å². The Morgan fingerprint density at radius 3 is 1.06 bits per heavy atom. The molecule has 5 heteroatoms. The van der Waals surface area contributed by atoms with Crippen LogP contribution in [0.25, 0.3) is 10.6 Å². The van der Waals surface area contributed by atoms with E-state index in [4.69, 9.17) is 15.4 Å². The molecule has 172 valence electrons. The maximum absolute atomic E-state index is 5.89. The minimum atomic E-state index is 0.